The van der Waals surface area contributed by atoms with E-state index in [9.17, 15) is 0 Å². The number of hydrogen-bond acceptors (Lipinski definition) is 3. The van der Waals surface area contributed by atoms with Gasteiger partial charge < -0.3 is 4.43 Å². The van der Waals surface area contributed by atoms with Crippen LogP contribution in [0.25, 0.3) is 0 Å². The van der Waals surface area contributed by atoms with Gasteiger partial charge in [-0.2, -0.15) is 0 Å². The van der Waals surface area contributed by atoms with E-state index in [0.717, 1.165) is 36.1 Å². The Morgan fingerprint density at radius 3 is 2.09 bits per heavy atom. The Morgan fingerprint density at radius 1 is 0.886 bits per heavy atom. The van der Waals surface area contributed by atoms with E-state index >= 15 is 0 Å². The minimum Gasteiger partial charge on any atom is -0.527 e. The molecule has 3 aromatic carbocycles. The summed E-state index contributed by atoms with van der Waals surface area (Å²) in [7, 11) is -2.61. The quantitative estimate of drug-likeness (QED) is 0.258. The van der Waals surface area contributed by atoms with E-state index in [-0.39, 0.29) is 5.04 Å². The monoisotopic (exact) mass is 517 g/mol. The van der Waals surface area contributed by atoms with E-state index in [4.69, 9.17) is 16.0 Å². The molecule has 0 amide bonds. The third-order valence-corrected chi connectivity index (χ3v) is 13.5. The largest absolute Gasteiger partial charge is 0.527 e. The van der Waals surface area contributed by atoms with Crippen molar-refractivity contribution in [3.8, 4) is 5.06 Å². The summed E-state index contributed by atoms with van der Waals surface area (Å²) in [5.41, 5.74) is 2.58. The molecule has 35 heavy (non-hydrogen) atoms. The zero-order valence-electron chi connectivity index (χ0n) is 20.6. The second-order valence-electron chi connectivity index (χ2n) is 10.3. The van der Waals surface area contributed by atoms with Gasteiger partial charge in [-0.3, -0.25) is 4.90 Å². The van der Waals surface area contributed by atoms with Crippen LogP contribution in [0.1, 0.15) is 36.8 Å². The predicted molar refractivity (Wildman–Crippen MR) is 152 cm³/mol. The highest BCUT2D eigenvalue weighted by molar-refractivity contribution is 7.15. The Labute approximate surface area is 219 Å². The molecule has 0 aliphatic carbocycles. The highest BCUT2D eigenvalue weighted by atomic mass is 35.5. The maximum absolute atomic E-state index is 7.28. The van der Waals surface area contributed by atoms with Crippen molar-refractivity contribution in [2.24, 2.45) is 0 Å². The molecule has 0 spiro atoms. The lowest BCUT2D eigenvalue weighted by Crippen LogP contribution is -2.68. The number of fused-ring (bicyclic) bond motifs is 1. The smallest absolute Gasteiger partial charge is 0.321 e. The zero-order valence-corrected chi connectivity index (χ0v) is 23.2. The average molecular weight is 518 g/mol. The van der Waals surface area contributed by atoms with Crippen LogP contribution in [0.5, 0.6) is 5.06 Å². The topological polar surface area (TPSA) is 12.5 Å². The highest BCUT2D eigenvalue weighted by Gasteiger charge is 2.52. The van der Waals surface area contributed by atoms with Crippen molar-refractivity contribution < 1.29 is 4.43 Å². The van der Waals surface area contributed by atoms with Crippen LogP contribution in [-0.2, 0) is 19.5 Å². The van der Waals surface area contributed by atoms with Crippen molar-refractivity contribution in [3.63, 3.8) is 0 Å². The Hall–Kier alpha value is -2.37. The number of benzene rings is 3. The number of nitrogens with zero attached hydrogens (tertiary/aromatic N) is 1. The Morgan fingerprint density at radius 2 is 1.49 bits per heavy atom. The van der Waals surface area contributed by atoms with Gasteiger partial charge in [0.1, 0.15) is 0 Å². The Bertz CT molecular complexity index is 1240. The van der Waals surface area contributed by atoms with Crippen molar-refractivity contribution in [1.82, 2.24) is 4.90 Å². The van der Waals surface area contributed by atoms with Gasteiger partial charge >= 0.3 is 8.32 Å². The van der Waals surface area contributed by atoms with Gasteiger partial charge in [-0.15, -0.1) is 11.3 Å². The van der Waals surface area contributed by atoms with E-state index < -0.39 is 8.32 Å². The van der Waals surface area contributed by atoms with E-state index in [0.29, 0.717) is 0 Å². The van der Waals surface area contributed by atoms with Crippen LogP contribution >= 0.6 is 22.9 Å². The van der Waals surface area contributed by atoms with Crippen molar-refractivity contribution in [2.45, 2.75) is 45.3 Å². The lowest BCUT2D eigenvalue weighted by Gasteiger charge is -2.42. The van der Waals surface area contributed by atoms with Crippen molar-refractivity contribution >= 4 is 41.6 Å². The fourth-order valence-corrected chi connectivity index (χ4v) is 11.1. The molecule has 5 heteroatoms. The third kappa shape index (κ3) is 4.85. The first-order chi connectivity index (χ1) is 16.9. The normalized spacial score (nSPS) is 14.5. The van der Waals surface area contributed by atoms with Gasteiger partial charge in [0, 0.05) is 29.5 Å². The van der Waals surface area contributed by atoms with Crippen LogP contribution in [0.15, 0.2) is 91.0 Å². The molecule has 1 aliphatic rings. The molecule has 0 atom stereocenters. The first-order valence-electron chi connectivity index (χ1n) is 12.2. The molecule has 0 unspecified atom stereocenters. The minimum atomic E-state index is -2.61. The second-order valence-corrected chi connectivity index (χ2v) is 16.1. The van der Waals surface area contributed by atoms with E-state index in [2.05, 4.69) is 105 Å². The summed E-state index contributed by atoms with van der Waals surface area (Å²) in [4.78, 5) is 3.94. The fourth-order valence-electron chi connectivity index (χ4n) is 5.22. The first-order valence-corrected chi connectivity index (χ1v) is 15.3. The van der Waals surface area contributed by atoms with Crippen LogP contribution in [0.4, 0.5) is 0 Å². The minimum absolute atomic E-state index is 0.0453. The molecule has 0 N–H and O–H groups in total. The lowest BCUT2D eigenvalue weighted by molar-refractivity contribution is 0.247. The molecule has 1 aliphatic heterocycles. The third-order valence-electron chi connectivity index (χ3n) is 6.95. The van der Waals surface area contributed by atoms with Gasteiger partial charge in [0.15, 0.2) is 5.06 Å². The number of thiophene rings is 1. The lowest BCUT2D eigenvalue weighted by atomic mass is 10.1. The molecule has 1 aromatic heterocycles. The molecule has 0 radical (unpaired) electrons. The van der Waals surface area contributed by atoms with Gasteiger partial charge in [0.05, 0.1) is 0 Å². The summed E-state index contributed by atoms with van der Waals surface area (Å²) in [6.07, 6.45) is 1.05. The van der Waals surface area contributed by atoms with Gasteiger partial charge in [0.2, 0.25) is 0 Å². The van der Waals surface area contributed by atoms with Crippen LogP contribution in [0.2, 0.25) is 10.1 Å². The Kier molecular flexibility index (Phi) is 6.91. The fraction of sp³-hybridized carbons (Fsp3) is 0.267. The molecule has 0 saturated heterocycles. The summed E-state index contributed by atoms with van der Waals surface area (Å²) in [5.74, 6) is 0. The average Bonchev–Trinajstić information content (AvgIpc) is 3.26. The van der Waals surface area contributed by atoms with Crippen molar-refractivity contribution in [1.29, 1.82) is 0 Å². The number of hydrogen-bond donors (Lipinski definition) is 0. The van der Waals surface area contributed by atoms with Crippen molar-refractivity contribution in [2.75, 3.05) is 6.54 Å². The first kappa shape index (κ1) is 24.3. The summed E-state index contributed by atoms with van der Waals surface area (Å²) in [6, 6.07) is 32.2. The molecule has 0 fully saturated rings. The van der Waals surface area contributed by atoms with Crippen LogP contribution in [0, 0.1) is 0 Å². The molecule has 4 aromatic rings. The van der Waals surface area contributed by atoms with Crippen molar-refractivity contribution in [3.05, 3.63) is 112 Å². The molecular formula is C30H32ClNOSSi. The van der Waals surface area contributed by atoms with E-state index in [1.165, 1.54) is 26.4 Å². The van der Waals surface area contributed by atoms with Gasteiger partial charge in [-0.1, -0.05) is 111 Å². The molecular weight excluding hydrogens is 486 g/mol. The molecule has 0 bridgehead atoms. The number of rotatable bonds is 6. The second kappa shape index (κ2) is 9.94. The molecule has 5 rings (SSSR count). The van der Waals surface area contributed by atoms with E-state index in [1.807, 2.05) is 23.5 Å². The van der Waals surface area contributed by atoms with Gasteiger partial charge in [-0.25, -0.2) is 0 Å². The van der Waals surface area contributed by atoms with Gasteiger partial charge in [0.25, 0.3) is 0 Å². The maximum atomic E-state index is 7.28. The summed E-state index contributed by atoms with van der Waals surface area (Å²) in [6.45, 7) is 9.84. The maximum Gasteiger partial charge on any atom is 0.321 e. The summed E-state index contributed by atoms with van der Waals surface area (Å²) < 4.78 is 7.28. The number of halogens is 1. The summed E-state index contributed by atoms with van der Waals surface area (Å²) in [5, 5.41) is 4.47. The van der Waals surface area contributed by atoms with Gasteiger partial charge in [-0.05, 0) is 45.1 Å². The highest BCUT2D eigenvalue weighted by Crippen LogP contribution is 2.41. The molecule has 2 nitrogen and oxygen atoms in total. The molecule has 180 valence electrons. The molecule has 0 saturated carbocycles. The zero-order chi connectivity index (χ0) is 24.5. The molecule has 2 heterocycles. The van der Waals surface area contributed by atoms with Crippen LogP contribution in [0.3, 0.4) is 0 Å². The summed E-state index contributed by atoms with van der Waals surface area (Å²) >= 11 is 8.28. The van der Waals surface area contributed by atoms with Crippen LogP contribution in [-0.4, -0.2) is 19.8 Å². The van der Waals surface area contributed by atoms with Crippen LogP contribution < -0.4 is 14.8 Å². The van der Waals surface area contributed by atoms with E-state index in [1.54, 1.807) is 0 Å². The SMILES string of the molecule is CC(C)(C)[Si](Oc1cc2c(s1)CCN(Cc1ccccc1Cl)C2)(c1ccccc1)c1ccccc1. The Balaban J connectivity index is 1.48. The predicted octanol–water partition coefficient (Wildman–Crippen LogP) is 6.90. The standard InChI is InChI=1S/C30H32ClNOSSi/c1-30(2,3)35(25-13-6-4-7-14-25,26-15-8-5-9-16-26)33-29-20-24-22-32(19-18-28(24)34-29)21-23-12-10-11-17-27(23)31/h4-17,20H,18-19,21-22H2,1-3H3.